The number of carbonyl (C=O) groups is 1. The topological polar surface area (TPSA) is 66.5 Å². The van der Waals surface area contributed by atoms with E-state index in [1.54, 1.807) is 48.5 Å². The molecule has 0 aliphatic heterocycles. The summed E-state index contributed by atoms with van der Waals surface area (Å²) < 4.78 is 28.2. The lowest BCUT2D eigenvalue weighted by molar-refractivity contribution is -0.120. The molecular weight excluding hydrogens is 456 g/mol. The Morgan fingerprint density at radius 2 is 1.64 bits per heavy atom. The van der Waals surface area contributed by atoms with Crippen molar-refractivity contribution in [2.45, 2.75) is 38.1 Å². The van der Waals surface area contributed by atoms with Gasteiger partial charge in [0.2, 0.25) is 5.91 Å². The molecule has 1 atom stereocenters. The molecule has 3 aromatic rings. The highest BCUT2D eigenvalue weighted by Crippen LogP contribution is 2.27. The van der Waals surface area contributed by atoms with E-state index < -0.39 is 10.0 Å². The number of carbonyl (C=O) groups excluding carboxylic acids is 1. The van der Waals surface area contributed by atoms with E-state index in [-0.39, 0.29) is 23.4 Å². The minimum Gasteiger partial charge on any atom is -0.348 e. The standard InChI is InChI=1S/C26H29ClN2O3S/c1-19(2)16-25(21-8-5-4-6-9-21)28-26(30)18-29(23-11-7-10-22(27)17-23)33(31,32)24-14-12-20(3)13-15-24/h4-15,17,19,25H,16,18H2,1-3H3,(H,28,30)/t25-/m1/s1. The van der Waals surface area contributed by atoms with Crippen molar-refractivity contribution in [1.82, 2.24) is 5.32 Å². The maximum atomic E-state index is 13.5. The molecule has 0 aliphatic carbocycles. The second-order valence-corrected chi connectivity index (χ2v) is 10.8. The van der Waals surface area contributed by atoms with E-state index >= 15 is 0 Å². The normalized spacial score (nSPS) is 12.4. The van der Waals surface area contributed by atoms with Crippen LogP contribution in [0.2, 0.25) is 5.02 Å². The number of hydrogen-bond donors (Lipinski definition) is 1. The van der Waals surface area contributed by atoms with Crippen molar-refractivity contribution in [2.24, 2.45) is 5.92 Å². The molecule has 3 aromatic carbocycles. The summed E-state index contributed by atoms with van der Waals surface area (Å²) in [5.74, 6) is -0.0454. The molecule has 0 spiro atoms. The Kier molecular flexibility index (Phi) is 8.16. The number of hydrogen-bond acceptors (Lipinski definition) is 3. The summed E-state index contributed by atoms with van der Waals surface area (Å²) in [7, 11) is -3.99. The van der Waals surface area contributed by atoms with Gasteiger partial charge in [0.05, 0.1) is 16.6 Å². The molecule has 0 saturated heterocycles. The number of halogens is 1. The summed E-state index contributed by atoms with van der Waals surface area (Å²) in [6, 6.07) is 22.5. The van der Waals surface area contributed by atoms with Gasteiger partial charge in [0, 0.05) is 5.02 Å². The zero-order valence-electron chi connectivity index (χ0n) is 19.0. The molecule has 1 amide bonds. The fraction of sp³-hybridized carbons (Fsp3) is 0.269. The van der Waals surface area contributed by atoms with Crippen LogP contribution in [-0.2, 0) is 14.8 Å². The Morgan fingerprint density at radius 1 is 0.970 bits per heavy atom. The lowest BCUT2D eigenvalue weighted by Crippen LogP contribution is -2.42. The zero-order chi connectivity index (χ0) is 24.0. The summed E-state index contributed by atoms with van der Waals surface area (Å²) in [6.45, 7) is 5.69. The van der Waals surface area contributed by atoms with Crippen molar-refractivity contribution in [2.75, 3.05) is 10.8 Å². The summed E-state index contributed by atoms with van der Waals surface area (Å²) >= 11 is 6.14. The first-order chi connectivity index (χ1) is 15.7. The largest absolute Gasteiger partial charge is 0.348 e. The average Bonchev–Trinajstić information content (AvgIpc) is 2.77. The Labute approximate surface area is 201 Å². The second kappa shape index (κ2) is 10.9. The van der Waals surface area contributed by atoms with Gasteiger partial charge in [-0.2, -0.15) is 0 Å². The summed E-state index contributed by atoms with van der Waals surface area (Å²) in [4.78, 5) is 13.3. The predicted octanol–water partition coefficient (Wildman–Crippen LogP) is 5.75. The van der Waals surface area contributed by atoms with Gasteiger partial charge in [-0.25, -0.2) is 8.42 Å². The van der Waals surface area contributed by atoms with Gasteiger partial charge in [-0.1, -0.05) is 79.5 Å². The van der Waals surface area contributed by atoms with Gasteiger partial charge >= 0.3 is 0 Å². The molecule has 0 bridgehead atoms. The van der Waals surface area contributed by atoms with E-state index in [0.29, 0.717) is 16.6 Å². The predicted molar refractivity (Wildman–Crippen MR) is 134 cm³/mol. The molecule has 3 rings (SSSR count). The van der Waals surface area contributed by atoms with Crippen molar-refractivity contribution in [3.05, 3.63) is 95.0 Å². The molecule has 0 radical (unpaired) electrons. The van der Waals surface area contributed by atoms with Gasteiger partial charge in [0.25, 0.3) is 10.0 Å². The highest BCUT2D eigenvalue weighted by molar-refractivity contribution is 7.92. The van der Waals surface area contributed by atoms with Crippen molar-refractivity contribution in [1.29, 1.82) is 0 Å². The molecule has 0 unspecified atom stereocenters. The van der Waals surface area contributed by atoms with E-state index in [1.807, 2.05) is 37.3 Å². The number of nitrogens with one attached hydrogen (secondary N) is 1. The average molecular weight is 485 g/mol. The van der Waals surface area contributed by atoms with E-state index in [1.165, 1.54) is 0 Å². The van der Waals surface area contributed by atoms with Gasteiger partial charge < -0.3 is 5.32 Å². The molecule has 0 aromatic heterocycles. The Bertz CT molecular complexity index is 1180. The molecule has 33 heavy (non-hydrogen) atoms. The number of aryl methyl sites for hydroxylation is 1. The van der Waals surface area contributed by atoms with Crippen LogP contribution >= 0.6 is 11.6 Å². The summed E-state index contributed by atoms with van der Waals surface area (Å²) in [5, 5.41) is 3.42. The first-order valence-corrected chi connectivity index (χ1v) is 12.7. The molecule has 0 saturated carbocycles. The van der Waals surface area contributed by atoms with Crippen molar-refractivity contribution < 1.29 is 13.2 Å². The highest BCUT2D eigenvalue weighted by Gasteiger charge is 2.28. The van der Waals surface area contributed by atoms with Crippen LogP contribution in [0.1, 0.15) is 37.4 Å². The van der Waals surface area contributed by atoms with E-state index in [9.17, 15) is 13.2 Å². The lowest BCUT2D eigenvalue weighted by atomic mass is 9.97. The number of rotatable bonds is 9. The number of benzene rings is 3. The van der Waals surface area contributed by atoms with Crippen LogP contribution in [0.5, 0.6) is 0 Å². The molecule has 1 N–H and O–H groups in total. The zero-order valence-corrected chi connectivity index (χ0v) is 20.6. The van der Waals surface area contributed by atoms with Crippen molar-refractivity contribution in [3.63, 3.8) is 0 Å². The third-order valence-electron chi connectivity index (χ3n) is 5.24. The van der Waals surface area contributed by atoms with Crippen LogP contribution in [0.15, 0.2) is 83.8 Å². The third-order valence-corrected chi connectivity index (χ3v) is 7.26. The molecule has 0 aliphatic rings. The molecule has 7 heteroatoms. The number of sulfonamides is 1. The van der Waals surface area contributed by atoms with Crippen molar-refractivity contribution in [3.8, 4) is 0 Å². The van der Waals surface area contributed by atoms with Gasteiger partial charge in [-0.15, -0.1) is 0 Å². The SMILES string of the molecule is Cc1ccc(S(=O)(=O)N(CC(=O)N[C@H](CC(C)C)c2ccccc2)c2cccc(Cl)c2)cc1. The first-order valence-electron chi connectivity index (χ1n) is 10.9. The van der Waals surface area contributed by atoms with Gasteiger partial charge in [0.15, 0.2) is 0 Å². The van der Waals surface area contributed by atoms with Crippen LogP contribution in [0.3, 0.4) is 0 Å². The van der Waals surface area contributed by atoms with E-state index in [2.05, 4.69) is 19.2 Å². The smallest absolute Gasteiger partial charge is 0.264 e. The van der Waals surface area contributed by atoms with Gasteiger partial charge in [-0.05, 0) is 55.2 Å². The van der Waals surface area contributed by atoms with Crippen LogP contribution in [0, 0.1) is 12.8 Å². The Balaban J connectivity index is 1.92. The first kappa shape index (κ1) is 24.8. The molecule has 0 fully saturated rings. The minimum absolute atomic E-state index is 0.114. The number of amides is 1. The highest BCUT2D eigenvalue weighted by atomic mass is 35.5. The van der Waals surface area contributed by atoms with Gasteiger partial charge in [-0.3, -0.25) is 9.10 Å². The molecular formula is C26H29ClN2O3S. The maximum Gasteiger partial charge on any atom is 0.264 e. The molecule has 174 valence electrons. The molecule has 5 nitrogen and oxygen atoms in total. The van der Waals surface area contributed by atoms with Crippen LogP contribution < -0.4 is 9.62 Å². The van der Waals surface area contributed by atoms with Crippen molar-refractivity contribution >= 4 is 33.2 Å². The number of anilines is 1. The lowest BCUT2D eigenvalue weighted by Gasteiger charge is -2.26. The van der Waals surface area contributed by atoms with Crippen LogP contribution in [0.4, 0.5) is 5.69 Å². The fourth-order valence-corrected chi connectivity index (χ4v) is 5.19. The number of nitrogens with zero attached hydrogens (tertiary/aromatic N) is 1. The Morgan fingerprint density at radius 3 is 2.24 bits per heavy atom. The maximum absolute atomic E-state index is 13.5. The van der Waals surface area contributed by atoms with Gasteiger partial charge in [0.1, 0.15) is 6.54 Å². The van der Waals surface area contributed by atoms with Crippen LogP contribution in [-0.4, -0.2) is 20.9 Å². The fourth-order valence-electron chi connectivity index (χ4n) is 3.59. The monoisotopic (exact) mass is 484 g/mol. The van der Waals surface area contributed by atoms with E-state index in [0.717, 1.165) is 21.9 Å². The van der Waals surface area contributed by atoms with Crippen LogP contribution in [0.25, 0.3) is 0 Å². The molecule has 0 heterocycles. The third kappa shape index (κ3) is 6.59. The quantitative estimate of drug-likeness (QED) is 0.420. The van der Waals surface area contributed by atoms with E-state index in [4.69, 9.17) is 11.6 Å². The minimum atomic E-state index is -3.99. The Hall–Kier alpha value is -2.83. The summed E-state index contributed by atoms with van der Waals surface area (Å²) in [5.41, 5.74) is 2.26. The second-order valence-electron chi connectivity index (χ2n) is 8.46. The summed E-state index contributed by atoms with van der Waals surface area (Å²) in [6.07, 6.45) is 0.734.